The number of imidazole rings is 1. The Morgan fingerprint density at radius 1 is 1.22 bits per heavy atom. The number of nitrogens with zero attached hydrogens (tertiary/aromatic N) is 2. The van der Waals surface area contributed by atoms with Gasteiger partial charge in [-0.2, -0.15) is 0 Å². The first-order chi connectivity index (χ1) is 8.56. The van der Waals surface area contributed by atoms with Gasteiger partial charge in [0.05, 0.1) is 18.6 Å². The van der Waals surface area contributed by atoms with E-state index in [0.717, 1.165) is 11.8 Å². The Morgan fingerprint density at radius 2 is 1.89 bits per heavy atom. The molecule has 3 nitrogen and oxygen atoms in total. The molecule has 0 aliphatic heterocycles. The average molecular weight is 251 g/mol. The molecule has 2 aromatic rings. The van der Waals surface area contributed by atoms with Crippen molar-refractivity contribution in [3.8, 4) is 0 Å². The van der Waals surface area contributed by atoms with E-state index in [1.54, 1.807) is 12.5 Å². The monoisotopic (exact) mass is 251 g/mol. The zero-order chi connectivity index (χ0) is 13.1. The molecule has 1 N–H and O–H groups in total. The largest absolute Gasteiger partial charge is 0.379 e. The molecule has 2 rings (SSSR count). The van der Waals surface area contributed by atoms with E-state index in [2.05, 4.69) is 10.3 Å². The van der Waals surface area contributed by atoms with Gasteiger partial charge in [-0.15, -0.1) is 0 Å². The Bertz CT molecular complexity index is 515. The maximum atomic E-state index is 13.0. The van der Waals surface area contributed by atoms with E-state index in [4.69, 9.17) is 0 Å². The average Bonchev–Trinajstić information content (AvgIpc) is 2.73. The number of hydrogen-bond acceptors (Lipinski definition) is 2. The number of nitrogens with one attached hydrogen (secondary N) is 1. The van der Waals surface area contributed by atoms with Crippen LogP contribution in [0.2, 0.25) is 0 Å². The van der Waals surface area contributed by atoms with E-state index < -0.39 is 11.6 Å². The van der Waals surface area contributed by atoms with Gasteiger partial charge in [-0.05, 0) is 26.0 Å². The molecular formula is C13H15F2N3. The summed E-state index contributed by atoms with van der Waals surface area (Å²) in [5.74, 6) is -1.18. The van der Waals surface area contributed by atoms with Gasteiger partial charge in [0.15, 0.2) is 0 Å². The molecule has 0 fully saturated rings. The maximum absolute atomic E-state index is 13.0. The van der Waals surface area contributed by atoms with Crippen LogP contribution in [-0.4, -0.2) is 9.55 Å². The van der Waals surface area contributed by atoms with Gasteiger partial charge < -0.3 is 9.88 Å². The first kappa shape index (κ1) is 12.5. The van der Waals surface area contributed by atoms with Crippen molar-refractivity contribution in [3.05, 3.63) is 48.1 Å². The maximum Gasteiger partial charge on any atom is 0.128 e. The van der Waals surface area contributed by atoms with Gasteiger partial charge in [0.2, 0.25) is 0 Å². The number of halogens is 2. The first-order valence-corrected chi connectivity index (χ1v) is 5.77. The highest BCUT2D eigenvalue weighted by atomic mass is 19.1. The van der Waals surface area contributed by atoms with Crippen molar-refractivity contribution in [1.29, 1.82) is 0 Å². The van der Waals surface area contributed by atoms with Crippen LogP contribution in [0.15, 0.2) is 30.7 Å². The Labute approximate surface area is 104 Å². The summed E-state index contributed by atoms with van der Waals surface area (Å²) in [6, 6.07) is 3.68. The number of anilines is 1. The van der Waals surface area contributed by atoms with Crippen LogP contribution in [0.25, 0.3) is 0 Å². The third-order valence-corrected chi connectivity index (χ3v) is 2.64. The zero-order valence-corrected chi connectivity index (χ0v) is 10.3. The minimum atomic E-state index is -0.588. The molecule has 0 aliphatic carbocycles. The molecule has 18 heavy (non-hydrogen) atoms. The van der Waals surface area contributed by atoms with Crippen molar-refractivity contribution in [1.82, 2.24) is 9.55 Å². The second-order valence-corrected chi connectivity index (χ2v) is 4.40. The molecule has 0 bridgehead atoms. The fourth-order valence-electron chi connectivity index (χ4n) is 1.78. The fraction of sp³-hybridized carbons (Fsp3) is 0.308. The van der Waals surface area contributed by atoms with Crippen molar-refractivity contribution < 1.29 is 8.78 Å². The lowest BCUT2D eigenvalue weighted by molar-refractivity contribution is 0.575. The number of hydrogen-bond donors (Lipinski definition) is 1. The topological polar surface area (TPSA) is 29.9 Å². The van der Waals surface area contributed by atoms with E-state index in [1.807, 2.05) is 18.4 Å². The summed E-state index contributed by atoms with van der Waals surface area (Å²) in [6.45, 7) is 4.57. The van der Waals surface area contributed by atoms with E-state index in [0.29, 0.717) is 18.3 Å². The third-order valence-electron chi connectivity index (χ3n) is 2.64. The molecule has 1 heterocycles. The van der Waals surface area contributed by atoms with Crippen molar-refractivity contribution >= 4 is 5.69 Å². The highest BCUT2D eigenvalue weighted by molar-refractivity contribution is 5.43. The Morgan fingerprint density at radius 3 is 2.50 bits per heavy atom. The van der Waals surface area contributed by atoms with Crippen molar-refractivity contribution in [2.75, 3.05) is 5.32 Å². The molecule has 0 saturated heterocycles. The SMILES string of the molecule is CC(C)n1cncc1CNc1cc(F)cc(F)c1. The molecule has 0 radical (unpaired) electrons. The van der Waals surface area contributed by atoms with Crippen molar-refractivity contribution in [2.24, 2.45) is 0 Å². The third kappa shape index (κ3) is 2.85. The summed E-state index contributed by atoms with van der Waals surface area (Å²) in [7, 11) is 0. The van der Waals surface area contributed by atoms with Crippen LogP contribution in [0.1, 0.15) is 25.6 Å². The van der Waals surface area contributed by atoms with Gasteiger partial charge >= 0.3 is 0 Å². The quantitative estimate of drug-likeness (QED) is 0.903. The summed E-state index contributed by atoms with van der Waals surface area (Å²) in [5, 5.41) is 2.98. The molecule has 0 saturated carbocycles. The second kappa shape index (κ2) is 5.16. The number of aromatic nitrogens is 2. The molecule has 0 aliphatic rings. The molecule has 96 valence electrons. The molecule has 1 aromatic heterocycles. The van der Waals surface area contributed by atoms with Crippen molar-refractivity contribution in [2.45, 2.75) is 26.4 Å². The highest BCUT2D eigenvalue weighted by Crippen LogP contribution is 2.15. The zero-order valence-electron chi connectivity index (χ0n) is 10.3. The van der Waals surface area contributed by atoms with Gasteiger partial charge in [0.1, 0.15) is 11.6 Å². The smallest absolute Gasteiger partial charge is 0.128 e. The summed E-state index contributed by atoms with van der Waals surface area (Å²) in [4.78, 5) is 4.07. The Hall–Kier alpha value is -1.91. The molecular weight excluding hydrogens is 236 g/mol. The summed E-state index contributed by atoms with van der Waals surface area (Å²) >= 11 is 0. The summed E-state index contributed by atoms with van der Waals surface area (Å²) in [5.41, 5.74) is 1.39. The molecule has 0 atom stereocenters. The lowest BCUT2D eigenvalue weighted by Gasteiger charge is -2.13. The van der Waals surface area contributed by atoms with Gasteiger partial charge in [-0.25, -0.2) is 13.8 Å². The molecule has 5 heteroatoms. The Balaban J connectivity index is 2.09. The summed E-state index contributed by atoms with van der Waals surface area (Å²) < 4.78 is 28.0. The lowest BCUT2D eigenvalue weighted by Crippen LogP contribution is -2.09. The van der Waals surface area contributed by atoms with Gasteiger partial charge in [0.25, 0.3) is 0 Å². The normalized spacial score (nSPS) is 10.9. The van der Waals surface area contributed by atoms with Crippen LogP contribution in [0, 0.1) is 11.6 Å². The number of benzene rings is 1. The van der Waals surface area contributed by atoms with Crippen LogP contribution < -0.4 is 5.32 Å². The predicted octanol–water partition coefficient (Wildman–Crippen LogP) is 3.35. The van der Waals surface area contributed by atoms with E-state index in [-0.39, 0.29) is 0 Å². The predicted molar refractivity (Wildman–Crippen MR) is 66.3 cm³/mol. The van der Waals surface area contributed by atoms with Crippen LogP contribution in [0.5, 0.6) is 0 Å². The minimum absolute atomic E-state index is 0.300. The second-order valence-electron chi connectivity index (χ2n) is 4.40. The van der Waals surface area contributed by atoms with E-state index in [1.165, 1.54) is 12.1 Å². The minimum Gasteiger partial charge on any atom is -0.379 e. The van der Waals surface area contributed by atoms with Gasteiger partial charge in [0, 0.05) is 24.0 Å². The fourth-order valence-corrected chi connectivity index (χ4v) is 1.78. The van der Waals surface area contributed by atoms with Gasteiger partial charge in [-0.1, -0.05) is 0 Å². The highest BCUT2D eigenvalue weighted by Gasteiger charge is 2.06. The van der Waals surface area contributed by atoms with Gasteiger partial charge in [-0.3, -0.25) is 0 Å². The van der Waals surface area contributed by atoms with E-state index in [9.17, 15) is 8.78 Å². The summed E-state index contributed by atoms with van der Waals surface area (Å²) in [6.07, 6.45) is 3.48. The molecule has 0 amide bonds. The van der Waals surface area contributed by atoms with Crippen molar-refractivity contribution in [3.63, 3.8) is 0 Å². The first-order valence-electron chi connectivity index (χ1n) is 5.77. The Kier molecular flexibility index (Phi) is 3.60. The standard InChI is InChI=1S/C13H15F2N3/c1-9(2)18-8-16-6-13(18)7-17-12-4-10(14)3-11(15)5-12/h3-6,8-9,17H,7H2,1-2H3. The molecule has 0 spiro atoms. The van der Waals surface area contributed by atoms with Crippen LogP contribution in [-0.2, 0) is 6.54 Å². The van der Waals surface area contributed by atoms with Crippen LogP contribution >= 0.6 is 0 Å². The van der Waals surface area contributed by atoms with Crippen LogP contribution in [0.3, 0.4) is 0 Å². The molecule has 0 unspecified atom stereocenters. The molecule has 1 aromatic carbocycles. The van der Waals surface area contributed by atoms with E-state index >= 15 is 0 Å². The number of rotatable bonds is 4. The van der Waals surface area contributed by atoms with Crippen LogP contribution in [0.4, 0.5) is 14.5 Å². The lowest BCUT2D eigenvalue weighted by atomic mass is 10.3.